The number of nitrogen functional groups attached to an aromatic ring is 1. The van der Waals surface area contributed by atoms with Gasteiger partial charge in [-0.3, -0.25) is 14.3 Å². The molecule has 1 aliphatic rings. The van der Waals surface area contributed by atoms with Crippen LogP contribution in [0.3, 0.4) is 0 Å². The smallest absolute Gasteiger partial charge is 0.316 e. The van der Waals surface area contributed by atoms with Gasteiger partial charge in [-0.1, -0.05) is 12.1 Å². The molecule has 0 saturated carbocycles. The van der Waals surface area contributed by atoms with Gasteiger partial charge >= 0.3 is 11.8 Å². The molecule has 3 rings (SSSR count). The van der Waals surface area contributed by atoms with Crippen LogP contribution >= 0.6 is 0 Å². The second-order valence-electron chi connectivity index (χ2n) is 4.84. The minimum Gasteiger partial charge on any atom is -0.384 e. The van der Waals surface area contributed by atoms with Crippen molar-refractivity contribution in [2.75, 3.05) is 23.7 Å². The van der Waals surface area contributed by atoms with Crippen molar-refractivity contribution in [3.8, 4) is 11.3 Å². The Hall–Kier alpha value is -2.83. The van der Waals surface area contributed by atoms with Crippen molar-refractivity contribution in [1.29, 1.82) is 0 Å². The van der Waals surface area contributed by atoms with E-state index in [0.717, 1.165) is 11.3 Å². The summed E-state index contributed by atoms with van der Waals surface area (Å²) in [6, 6.07) is 9.11. The van der Waals surface area contributed by atoms with Gasteiger partial charge < -0.3 is 16.0 Å². The lowest BCUT2D eigenvalue weighted by molar-refractivity contribution is -0.138. The van der Waals surface area contributed by atoms with Crippen LogP contribution in [0.15, 0.2) is 30.3 Å². The van der Waals surface area contributed by atoms with Crippen LogP contribution in [-0.4, -0.2) is 34.7 Å². The molecule has 1 aliphatic heterocycles. The van der Waals surface area contributed by atoms with Crippen LogP contribution < -0.4 is 16.0 Å². The fraction of sp³-hybridized carbons (Fsp3) is 0.214. The molecule has 2 aromatic rings. The Morgan fingerprint density at radius 3 is 2.81 bits per heavy atom. The van der Waals surface area contributed by atoms with Gasteiger partial charge in [0.15, 0.2) is 0 Å². The lowest BCUT2D eigenvalue weighted by Crippen LogP contribution is -2.52. The lowest BCUT2D eigenvalue weighted by Gasteiger charge is -2.26. The summed E-state index contributed by atoms with van der Waals surface area (Å²) in [7, 11) is 1.77. The van der Waals surface area contributed by atoms with E-state index in [0.29, 0.717) is 24.6 Å². The van der Waals surface area contributed by atoms with E-state index >= 15 is 0 Å². The zero-order valence-corrected chi connectivity index (χ0v) is 11.5. The molecule has 7 nitrogen and oxygen atoms in total. The molecule has 1 saturated heterocycles. The van der Waals surface area contributed by atoms with Gasteiger partial charge in [-0.2, -0.15) is 5.10 Å². The van der Waals surface area contributed by atoms with Crippen LogP contribution in [-0.2, 0) is 16.6 Å². The van der Waals surface area contributed by atoms with Gasteiger partial charge in [0.2, 0.25) is 0 Å². The number of carbonyl (C=O) groups excluding carboxylic acids is 2. The van der Waals surface area contributed by atoms with E-state index in [1.54, 1.807) is 23.9 Å². The quantitative estimate of drug-likeness (QED) is 0.767. The summed E-state index contributed by atoms with van der Waals surface area (Å²) in [6.07, 6.45) is 0. The van der Waals surface area contributed by atoms with Crippen molar-refractivity contribution in [3.63, 3.8) is 0 Å². The molecule has 3 N–H and O–H groups in total. The van der Waals surface area contributed by atoms with E-state index in [2.05, 4.69) is 10.4 Å². The zero-order valence-electron chi connectivity index (χ0n) is 11.5. The van der Waals surface area contributed by atoms with Crippen LogP contribution in [0.25, 0.3) is 11.3 Å². The Kier molecular flexibility index (Phi) is 3.09. The molecular formula is C14H15N5O2. The molecule has 0 unspecified atom stereocenters. The standard InChI is InChI=1S/C14H15N5O2/c1-18-12(15)8-11(17-18)9-3-2-4-10(7-9)19-6-5-16-13(20)14(19)21/h2-4,7-8H,5-6,15H2,1H3,(H,16,20). The predicted octanol–water partition coefficient (Wildman–Crippen LogP) is 0.132. The number of benzene rings is 1. The molecule has 0 atom stereocenters. The third-order valence-electron chi connectivity index (χ3n) is 3.43. The fourth-order valence-electron chi connectivity index (χ4n) is 2.28. The number of hydrogen-bond donors (Lipinski definition) is 2. The number of aryl methyl sites for hydroxylation is 1. The predicted molar refractivity (Wildman–Crippen MR) is 78.4 cm³/mol. The summed E-state index contributed by atoms with van der Waals surface area (Å²) < 4.78 is 1.58. The SMILES string of the molecule is Cn1nc(-c2cccc(N3CCNC(=O)C3=O)c2)cc1N. The van der Waals surface area contributed by atoms with Gasteiger partial charge in [-0.05, 0) is 12.1 Å². The van der Waals surface area contributed by atoms with Crippen LogP contribution in [0.2, 0.25) is 0 Å². The first kappa shape index (κ1) is 13.2. The Morgan fingerprint density at radius 1 is 1.29 bits per heavy atom. The molecule has 1 fully saturated rings. The monoisotopic (exact) mass is 285 g/mol. The molecule has 7 heteroatoms. The van der Waals surface area contributed by atoms with Crippen molar-refractivity contribution in [2.24, 2.45) is 7.05 Å². The highest BCUT2D eigenvalue weighted by Gasteiger charge is 2.27. The van der Waals surface area contributed by atoms with Crippen molar-refractivity contribution in [1.82, 2.24) is 15.1 Å². The van der Waals surface area contributed by atoms with Crippen molar-refractivity contribution in [2.45, 2.75) is 0 Å². The molecule has 2 amide bonds. The second-order valence-corrected chi connectivity index (χ2v) is 4.84. The molecule has 0 aliphatic carbocycles. The highest BCUT2D eigenvalue weighted by Crippen LogP contribution is 2.25. The normalized spacial score (nSPS) is 15.2. The maximum absolute atomic E-state index is 11.9. The van der Waals surface area contributed by atoms with Gasteiger partial charge in [0.05, 0.1) is 5.69 Å². The topological polar surface area (TPSA) is 93.2 Å². The maximum atomic E-state index is 11.9. The highest BCUT2D eigenvalue weighted by molar-refractivity contribution is 6.41. The minimum atomic E-state index is -0.575. The summed E-state index contributed by atoms with van der Waals surface area (Å²) in [5.41, 5.74) is 8.03. The van der Waals surface area contributed by atoms with Crippen LogP contribution in [0.4, 0.5) is 11.5 Å². The molecular weight excluding hydrogens is 270 g/mol. The van der Waals surface area contributed by atoms with Gasteiger partial charge in [0, 0.05) is 37.5 Å². The first-order valence-corrected chi connectivity index (χ1v) is 6.56. The summed E-state index contributed by atoms with van der Waals surface area (Å²) in [6.45, 7) is 0.906. The van der Waals surface area contributed by atoms with Crippen molar-refractivity contribution < 1.29 is 9.59 Å². The lowest BCUT2D eigenvalue weighted by atomic mass is 10.1. The van der Waals surface area contributed by atoms with Gasteiger partial charge in [0.25, 0.3) is 0 Å². The number of nitrogens with one attached hydrogen (secondary N) is 1. The Balaban J connectivity index is 1.96. The number of amides is 2. The third kappa shape index (κ3) is 2.33. The molecule has 0 spiro atoms. The third-order valence-corrected chi connectivity index (χ3v) is 3.43. The Morgan fingerprint density at radius 2 is 2.10 bits per heavy atom. The van der Waals surface area contributed by atoms with E-state index in [1.807, 2.05) is 18.2 Å². The molecule has 21 heavy (non-hydrogen) atoms. The summed E-state index contributed by atoms with van der Waals surface area (Å²) >= 11 is 0. The average Bonchev–Trinajstić information content (AvgIpc) is 2.82. The maximum Gasteiger partial charge on any atom is 0.316 e. The van der Waals surface area contributed by atoms with Crippen LogP contribution in [0.1, 0.15) is 0 Å². The Bertz CT molecular complexity index is 702. The second kappa shape index (κ2) is 4.93. The number of piperazine rings is 1. The Labute approximate surface area is 121 Å². The van der Waals surface area contributed by atoms with Crippen molar-refractivity contribution in [3.05, 3.63) is 30.3 Å². The number of carbonyl (C=O) groups is 2. The first-order valence-electron chi connectivity index (χ1n) is 6.56. The molecule has 108 valence electrons. The average molecular weight is 285 g/mol. The summed E-state index contributed by atoms with van der Waals surface area (Å²) in [4.78, 5) is 24.8. The van der Waals surface area contributed by atoms with Gasteiger partial charge in [0.1, 0.15) is 5.82 Å². The zero-order chi connectivity index (χ0) is 15.0. The summed E-state index contributed by atoms with van der Waals surface area (Å²) in [5.74, 6) is -0.559. The number of anilines is 2. The fourth-order valence-corrected chi connectivity index (χ4v) is 2.28. The van der Waals surface area contributed by atoms with E-state index in [4.69, 9.17) is 5.73 Å². The molecule has 1 aromatic heterocycles. The van der Waals surface area contributed by atoms with E-state index in [-0.39, 0.29) is 0 Å². The van der Waals surface area contributed by atoms with E-state index < -0.39 is 11.8 Å². The van der Waals surface area contributed by atoms with E-state index in [1.165, 1.54) is 4.90 Å². The summed E-state index contributed by atoms with van der Waals surface area (Å²) in [5, 5.41) is 6.84. The number of rotatable bonds is 2. The van der Waals surface area contributed by atoms with Crippen LogP contribution in [0, 0.1) is 0 Å². The van der Waals surface area contributed by atoms with E-state index in [9.17, 15) is 9.59 Å². The molecule has 0 radical (unpaired) electrons. The van der Waals surface area contributed by atoms with Gasteiger partial charge in [-0.15, -0.1) is 0 Å². The number of nitrogens with two attached hydrogens (primary N) is 1. The largest absolute Gasteiger partial charge is 0.384 e. The van der Waals surface area contributed by atoms with Gasteiger partial charge in [-0.25, -0.2) is 0 Å². The minimum absolute atomic E-state index is 0.450. The highest BCUT2D eigenvalue weighted by atomic mass is 16.2. The number of hydrogen-bond acceptors (Lipinski definition) is 4. The molecule has 2 heterocycles. The number of aromatic nitrogens is 2. The van der Waals surface area contributed by atoms with Crippen LogP contribution in [0.5, 0.6) is 0 Å². The van der Waals surface area contributed by atoms with Crippen molar-refractivity contribution >= 4 is 23.3 Å². The first-order chi connectivity index (χ1) is 10.1. The molecule has 1 aromatic carbocycles. The molecule has 0 bridgehead atoms. The number of nitrogens with zero attached hydrogens (tertiary/aromatic N) is 3.